The van der Waals surface area contributed by atoms with E-state index in [1.54, 1.807) is 73.4 Å². The molecule has 0 saturated carbocycles. The fraction of sp³-hybridized carbons (Fsp3) is 0.0385. The van der Waals surface area contributed by atoms with Gasteiger partial charge in [-0.1, -0.05) is 200 Å². The number of rotatable bonds is 12. The minimum Gasteiger partial charge on any atom is -0.497 e. The molecule has 8 aromatic heterocycles. The first kappa shape index (κ1) is 89.3. The van der Waals surface area contributed by atoms with Crippen LogP contribution < -0.4 is 40.3 Å². The molecule has 0 amide bonds. The van der Waals surface area contributed by atoms with Crippen molar-refractivity contribution in [2.24, 2.45) is 0 Å². The number of thiophene rings is 4. The smallest absolute Gasteiger partial charge is 0.489 e. The number of nitro groups is 2. The predicted octanol–water partition coefficient (Wildman–Crippen LogP) is 27.9. The normalized spacial score (nSPS) is 10.9. The molecule has 636 valence electrons. The molecule has 0 spiro atoms. The maximum Gasteiger partial charge on any atom is 0.489 e. The van der Waals surface area contributed by atoms with Crippen molar-refractivity contribution in [2.45, 2.75) is 0 Å². The van der Waals surface area contributed by atoms with E-state index < -0.39 is 20.0 Å². The maximum atomic E-state index is 11.6. The van der Waals surface area contributed by atoms with Crippen LogP contribution in [0.5, 0.6) is 23.0 Å². The van der Waals surface area contributed by atoms with Crippen LogP contribution in [0.25, 0.3) is 141 Å². The Labute approximate surface area is 785 Å². The second kappa shape index (κ2) is 40.9. The lowest BCUT2D eigenvalue weighted by atomic mass is 9.77. The van der Waals surface area contributed by atoms with E-state index in [0.29, 0.717) is 27.0 Å². The highest BCUT2D eigenvalue weighted by atomic mass is 79.9. The predicted molar refractivity (Wildman–Crippen MR) is 555 cm³/mol. The van der Waals surface area contributed by atoms with Crippen LogP contribution in [0.4, 0.5) is 11.4 Å². The van der Waals surface area contributed by atoms with Gasteiger partial charge in [-0.15, -0.1) is 62.3 Å². The van der Waals surface area contributed by atoms with Crippen LogP contribution in [0, 0.1) is 20.2 Å². The van der Waals surface area contributed by atoms with Crippen molar-refractivity contribution >= 4 is 266 Å². The molecule has 15 aromatic carbocycles. The largest absolute Gasteiger partial charge is 0.497 e. The van der Waals surface area contributed by atoms with Gasteiger partial charge in [0, 0.05) is 127 Å². The quantitative estimate of drug-likeness (QED) is 0.0343. The molecule has 0 aliphatic heterocycles. The maximum absolute atomic E-state index is 11.6. The first-order valence-corrected chi connectivity index (χ1v) is 46.6. The van der Waals surface area contributed by atoms with E-state index in [2.05, 4.69) is 258 Å². The SMILES string of the molecule is Br.Brc1ccccn1.COc1ccc(-c2cccc3sc4ccccc4c23)c([N+](=O)[O-])c1.COc1ccc(Br)c([N+](=O)[O-])c1.COc1ccc2c(c1)[nH]c1ccc3sc4ccccc4c3c12.COc1ccc2c3c4c(ccc3n(-c3ccccn3)c2c1)sc1ccccc14.OB(O)c1cccc2sc3ccccc3c12.c1ccc(P(c2ccccc2)c2ccccc2)cc1. The van der Waals surface area contributed by atoms with Crippen molar-refractivity contribution in [1.82, 2.24) is 19.5 Å². The van der Waals surface area contributed by atoms with Gasteiger partial charge >= 0.3 is 7.12 Å². The third kappa shape index (κ3) is 19.1. The Bertz CT molecular complexity index is 7860. The summed E-state index contributed by atoms with van der Waals surface area (Å²) < 4.78 is 34.3. The van der Waals surface area contributed by atoms with Gasteiger partial charge in [0.2, 0.25) is 0 Å². The monoisotopic (exact) mass is 1980 g/mol. The van der Waals surface area contributed by atoms with Gasteiger partial charge in [-0.3, -0.25) is 24.8 Å². The number of nitrogens with zero attached hydrogens (tertiary/aromatic N) is 5. The summed E-state index contributed by atoms with van der Waals surface area (Å²) in [5.74, 6) is 3.59. The number of benzene rings is 15. The minimum atomic E-state index is -1.42. The fourth-order valence-corrected chi connectivity index (χ4v) is 23.3. The molecule has 8 heterocycles. The highest BCUT2D eigenvalue weighted by molar-refractivity contribution is 9.10. The van der Waals surface area contributed by atoms with Crippen molar-refractivity contribution in [3.05, 3.63) is 400 Å². The Balaban J connectivity index is 0.000000113. The highest BCUT2D eigenvalue weighted by Gasteiger charge is 2.24. The summed E-state index contributed by atoms with van der Waals surface area (Å²) in [7, 11) is 4.52. The molecular formula is C104H77BBr3N6O10PS4. The number of ether oxygens (including phenoxy) is 4. The van der Waals surface area contributed by atoms with E-state index in [-0.39, 0.29) is 33.3 Å². The number of nitro benzene ring substituents is 2. The number of aromatic nitrogens is 4. The van der Waals surface area contributed by atoms with Crippen LogP contribution in [-0.4, -0.2) is 75.0 Å². The van der Waals surface area contributed by atoms with Gasteiger partial charge in [-0.2, -0.15) is 0 Å². The van der Waals surface area contributed by atoms with Crippen molar-refractivity contribution in [3.8, 4) is 39.9 Å². The number of hydrogen-bond donors (Lipinski definition) is 3. The van der Waals surface area contributed by atoms with E-state index in [9.17, 15) is 30.3 Å². The van der Waals surface area contributed by atoms with E-state index in [0.717, 1.165) is 75.0 Å². The zero-order chi connectivity index (χ0) is 88.3. The molecule has 23 rings (SSSR count). The molecule has 25 heteroatoms. The summed E-state index contributed by atoms with van der Waals surface area (Å²) >= 11 is 13.3. The Morgan fingerprint density at radius 3 is 1.29 bits per heavy atom. The van der Waals surface area contributed by atoms with E-state index >= 15 is 0 Å². The average Bonchev–Trinajstić information content (AvgIpc) is 1.56. The summed E-state index contributed by atoms with van der Waals surface area (Å²) in [5.41, 5.74) is 6.70. The molecule has 23 aromatic rings. The standard InChI is InChI=1S/C24H16N2OS.C19H13NO3S.C19H13NOS.C18H15P.C12H9BO2S.C7H6BrNO3.C5H4BrN.BrH/c1-27-15-9-10-16-19(14-15)26(22-8-4-5-13-25-22)18-11-12-21-24(23(16)18)17-6-2-3-7-20(17)28-21;1-23-12-9-10-13(16(11-12)20(21)22)14-6-4-8-18-19(14)15-5-2-3-7-17(15)24-18;1-21-11-6-7-12-15(10-11)20-14-8-9-17-19(18(12)14)13-4-2-3-5-16(13)22-17;1-4-10-16(11-5-1)19(17-12-6-2-7-13-17)18-14-8-3-9-15-18;14-13(15)9-5-3-7-11-12(9)8-4-1-2-6-10(8)16-11;1-12-5-2-3-6(8)7(4-5)9(10)11;6-5-3-1-2-4-7-5;/h2-14H,1H3;2-11H,1H3;2-10,20H,1H3;1-15H;1-7,14-15H;2-4H,1H3;1-4H;1H. The Morgan fingerprint density at radius 1 is 0.357 bits per heavy atom. The van der Waals surface area contributed by atoms with Crippen LogP contribution in [0.1, 0.15) is 0 Å². The Morgan fingerprint density at radius 2 is 0.783 bits per heavy atom. The molecule has 129 heavy (non-hydrogen) atoms. The van der Waals surface area contributed by atoms with Gasteiger partial charge < -0.3 is 34.0 Å². The summed E-state index contributed by atoms with van der Waals surface area (Å²) in [5, 5.41) is 59.5. The first-order chi connectivity index (χ1) is 62.6. The number of H-pyrrole nitrogens is 1. The topological polar surface area (TPSA) is 210 Å². The molecule has 0 bridgehead atoms. The zero-order valence-corrected chi connectivity index (χ0v) is 78.5. The lowest BCUT2D eigenvalue weighted by Crippen LogP contribution is -2.30. The molecular weight excluding hydrogens is 1900 g/mol. The average molecular weight is 1980 g/mol. The van der Waals surface area contributed by atoms with Gasteiger partial charge in [0.05, 0.1) is 77.0 Å². The fourth-order valence-electron chi connectivity index (χ4n) is 15.8. The van der Waals surface area contributed by atoms with Crippen LogP contribution in [0.15, 0.2) is 379 Å². The highest BCUT2D eigenvalue weighted by Crippen LogP contribution is 2.47. The van der Waals surface area contributed by atoms with Crippen LogP contribution in [0.2, 0.25) is 0 Å². The molecule has 0 atom stereocenters. The lowest BCUT2D eigenvalue weighted by Gasteiger charge is -2.18. The zero-order valence-electron chi connectivity index (χ0n) is 69.4. The molecule has 0 fully saturated rings. The van der Waals surface area contributed by atoms with Gasteiger partial charge in [0.25, 0.3) is 11.4 Å². The Hall–Kier alpha value is -13.1. The number of nitrogens with one attached hydrogen (secondary N) is 1. The van der Waals surface area contributed by atoms with Crippen molar-refractivity contribution in [1.29, 1.82) is 0 Å². The number of halogens is 3. The van der Waals surface area contributed by atoms with Gasteiger partial charge in [-0.05, 0) is 206 Å². The van der Waals surface area contributed by atoms with Gasteiger partial charge in [-0.25, -0.2) is 9.97 Å². The molecule has 0 radical (unpaired) electrons. The van der Waals surface area contributed by atoms with E-state index in [1.165, 1.54) is 119 Å². The van der Waals surface area contributed by atoms with Gasteiger partial charge in [0.15, 0.2) is 0 Å². The second-order valence-electron chi connectivity index (χ2n) is 29.0. The molecule has 16 nitrogen and oxygen atoms in total. The van der Waals surface area contributed by atoms with Crippen LogP contribution in [-0.2, 0) is 0 Å². The molecule has 0 aliphatic carbocycles. The Kier molecular flexibility index (Phi) is 28.3. The molecule has 0 unspecified atom stereocenters. The molecule has 0 saturated heterocycles. The summed E-state index contributed by atoms with van der Waals surface area (Å²) in [6.07, 6.45) is 3.58. The number of pyridine rings is 2. The third-order valence-corrected chi connectivity index (χ3v) is 29.6. The van der Waals surface area contributed by atoms with Crippen molar-refractivity contribution < 1.29 is 38.8 Å². The molecule has 0 aliphatic rings. The van der Waals surface area contributed by atoms with Crippen LogP contribution >= 0.6 is 102 Å². The number of hydrogen-bond acceptors (Lipinski definition) is 16. The van der Waals surface area contributed by atoms with Crippen LogP contribution in [0.3, 0.4) is 0 Å². The second-order valence-corrected chi connectivity index (χ2v) is 37.2. The lowest BCUT2D eigenvalue weighted by molar-refractivity contribution is -0.385. The van der Waals surface area contributed by atoms with E-state index in [4.69, 9.17) is 18.9 Å². The summed E-state index contributed by atoms with van der Waals surface area (Å²) in [4.78, 5) is 33.2. The summed E-state index contributed by atoms with van der Waals surface area (Å²) in [6.45, 7) is 0. The van der Waals surface area contributed by atoms with Crippen molar-refractivity contribution in [3.63, 3.8) is 0 Å². The number of aromatic amines is 1. The first-order valence-electron chi connectivity index (χ1n) is 40.4. The minimum absolute atomic E-state index is 0. The van der Waals surface area contributed by atoms with Crippen molar-refractivity contribution in [2.75, 3.05) is 28.4 Å². The third-order valence-electron chi connectivity index (χ3n) is 21.5. The molecule has 3 N–H and O–H groups in total. The van der Waals surface area contributed by atoms with Gasteiger partial charge in [0.1, 0.15) is 33.4 Å². The number of fused-ring (bicyclic) bond motifs is 20. The number of methoxy groups -OCH3 is 4. The van der Waals surface area contributed by atoms with E-state index in [1.807, 2.05) is 138 Å². The summed E-state index contributed by atoms with van der Waals surface area (Å²) in [6, 6.07) is 120.